The van der Waals surface area contributed by atoms with Crippen molar-refractivity contribution in [3.8, 4) is 0 Å². The Morgan fingerprint density at radius 3 is 2.29 bits per heavy atom. The van der Waals surface area contributed by atoms with Crippen LogP contribution in [0.25, 0.3) is 0 Å². The quantitative estimate of drug-likeness (QED) is 0.276. The number of rotatable bonds is 14. The van der Waals surface area contributed by atoms with Gasteiger partial charge in [0.25, 0.3) is 11.8 Å². The van der Waals surface area contributed by atoms with E-state index in [4.69, 9.17) is 9.57 Å². The van der Waals surface area contributed by atoms with E-state index < -0.39 is 65.8 Å². The lowest BCUT2D eigenvalue weighted by atomic mass is 10.0. The van der Waals surface area contributed by atoms with Crippen LogP contribution < -0.4 is 10.6 Å². The van der Waals surface area contributed by atoms with Crippen molar-refractivity contribution in [3.05, 3.63) is 35.9 Å². The van der Waals surface area contributed by atoms with Crippen molar-refractivity contribution in [3.63, 3.8) is 0 Å². The van der Waals surface area contributed by atoms with Crippen LogP contribution in [-0.2, 0) is 44.8 Å². The zero-order valence-electron chi connectivity index (χ0n) is 25.6. The summed E-state index contributed by atoms with van der Waals surface area (Å²) in [6, 6.07) is 5.74. The van der Waals surface area contributed by atoms with Gasteiger partial charge in [-0.25, -0.2) is 9.59 Å². The smallest absolute Gasteiger partial charge is 0.410 e. The van der Waals surface area contributed by atoms with Gasteiger partial charge >= 0.3 is 12.1 Å². The molecular weight excluding hydrogens is 606 g/mol. The number of carbonyl (C=O) groups is 7. The summed E-state index contributed by atoms with van der Waals surface area (Å²) in [4.78, 5) is 96.6. The second kappa shape index (κ2) is 15.2. The molecule has 4 rings (SSSR count). The SMILES string of the molecule is CSCC[C@@H](C(=O)N[C@H]1CC(C)N([C@@H](Cc2ccccc2)C(=O)NCCC(=O)ON2C(=O)CCC2=O)C1=O)N1C(=O)OCC1C. The Hall–Kier alpha value is -4.14. The molecule has 6 amide bonds. The van der Waals surface area contributed by atoms with Crippen molar-refractivity contribution in [1.29, 1.82) is 0 Å². The predicted octanol–water partition coefficient (Wildman–Crippen LogP) is 0.779. The van der Waals surface area contributed by atoms with E-state index in [1.165, 1.54) is 21.6 Å². The van der Waals surface area contributed by atoms with Crippen molar-refractivity contribution in [2.24, 2.45) is 0 Å². The zero-order chi connectivity index (χ0) is 32.7. The Balaban J connectivity index is 1.43. The standard InChI is InChI=1S/C30H39N5O9S/c1-18-15-21(32-28(40)22(12-14-45-3)34-19(2)17-43-30(34)42)29(41)33(18)23(16-20-7-5-4-6-8-20)27(39)31-13-11-26(38)44-35-24(36)9-10-25(35)37/h4-8,18-19,21-23H,9-17H2,1-3H3,(H,31,39)(H,32,40)/t18?,19?,21-,22-,23-/m0/s1. The molecule has 2 unspecified atom stereocenters. The average Bonchev–Trinajstić information content (AvgIpc) is 3.61. The van der Waals surface area contributed by atoms with Crippen LogP contribution in [0.3, 0.4) is 0 Å². The van der Waals surface area contributed by atoms with E-state index in [9.17, 15) is 33.6 Å². The summed E-state index contributed by atoms with van der Waals surface area (Å²) in [5, 5.41) is 5.95. The van der Waals surface area contributed by atoms with Crippen LogP contribution in [0.4, 0.5) is 4.79 Å². The zero-order valence-corrected chi connectivity index (χ0v) is 26.4. The number of benzene rings is 1. The number of hydrogen-bond donors (Lipinski definition) is 2. The molecule has 244 valence electrons. The molecule has 0 aliphatic carbocycles. The van der Waals surface area contributed by atoms with Gasteiger partial charge in [0.2, 0.25) is 17.7 Å². The lowest BCUT2D eigenvalue weighted by Crippen LogP contribution is -2.55. The molecule has 0 aromatic heterocycles. The first-order valence-corrected chi connectivity index (χ1v) is 16.4. The minimum absolute atomic E-state index is 0.0319. The maximum absolute atomic E-state index is 13.8. The number of hydrogen-bond acceptors (Lipinski definition) is 10. The molecule has 0 saturated carbocycles. The number of hydroxylamine groups is 2. The van der Waals surface area contributed by atoms with Gasteiger partial charge in [-0.05, 0) is 44.3 Å². The highest BCUT2D eigenvalue weighted by Gasteiger charge is 2.46. The fraction of sp³-hybridized carbons (Fsp3) is 0.567. The number of nitrogens with one attached hydrogen (secondary N) is 2. The van der Waals surface area contributed by atoms with Gasteiger partial charge in [0.05, 0.1) is 12.5 Å². The molecule has 3 fully saturated rings. The average molecular weight is 646 g/mol. The lowest BCUT2D eigenvalue weighted by molar-refractivity contribution is -0.197. The largest absolute Gasteiger partial charge is 0.447 e. The summed E-state index contributed by atoms with van der Waals surface area (Å²) in [7, 11) is 0. The molecular formula is C30H39N5O9S. The van der Waals surface area contributed by atoms with E-state index in [0.717, 1.165) is 5.56 Å². The highest BCUT2D eigenvalue weighted by molar-refractivity contribution is 7.98. The maximum Gasteiger partial charge on any atom is 0.410 e. The van der Waals surface area contributed by atoms with Crippen molar-refractivity contribution >= 4 is 53.4 Å². The highest BCUT2D eigenvalue weighted by atomic mass is 32.2. The van der Waals surface area contributed by atoms with Gasteiger partial charge in [0.1, 0.15) is 24.7 Å². The Bertz CT molecular complexity index is 1300. The van der Waals surface area contributed by atoms with E-state index in [1.807, 2.05) is 36.6 Å². The van der Waals surface area contributed by atoms with Crippen LogP contribution in [-0.4, -0.2) is 112 Å². The monoisotopic (exact) mass is 645 g/mol. The van der Waals surface area contributed by atoms with Gasteiger partial charge in [0, 0.05) is 31.8 Å². The molecule has 3 aliphatic heterocycles. The van der Waals surface area contributed by atoms with E-state index in [-0.39, 0.29) is 51.3 Å². The van der Waals surface area contributed by atoms with E-state index in [0.29, 0.717) is 17.2 Å². The van der Waals surface area contributed by atoms with Crippen molar-refractivity contribution in [2.75, 3.05) is 25.2 Å². The number of imide groups is 1. The van der Waals surface area contributed by atoms with E-state index in [1.54, 1.807) is 13.8 Å². The predicted molar refractivity (Wildman–Crippen MR) is 161 cm³/mol. The molecule has 0 bridgehead atoms. The highest BCUT2D eigenvalue weighted by Crippen LogP contribution is 2.26. The second-order valence-electron chi connectivity index (χ2n) is 11.3. The second-order valence-corrected chi connectivity index (χ2v) is 12.3. The molecule has 2 N–H and O–H groups in total. The third-order valence-electron chi connectivity index (χ3n) is 8.03. The fourth-order valence-electron chi connectivity index (χ4n) is 5.75. The van der Waals surface area contributed by atoms with Gasteiger partial charge in [-0.1, -0.05) is 30.3 Å². The lowest BCUT2D eigenvalue weighted by Gasteiger charge is -2.31. The summed E-state index contributed by atoms with van der Waals surface area (Å²) < 4.78 is 5.14. The van der Waals surface area contributed by atoms with Crippen molar-refractivity contribution in [2.45, 2.75) is 82.6 Å². The Morgan fingerprint density at radius 1 is 0.978 bits per heavy atom. The number of nitrogens with zero attached hydrogens (tertiary/aromatic N) is 3. The first-order valence-electron chi connectivity index (χ1n) is 15.0. The van der Waals surface area contributed by atoms with E-state index >= 15 is 0 Å². The normalized spacial score (nSPS) is 22.8. The molecule has 1 aromatic rings. The Labute approximate surface area is 265 Å². The van der Waals surface area contributed by atoms with Crippen LogP contribution in [0.1, 0.15) is 51.5 Å². The van der Waals surface area contributed by atoms with Crippen LogP contribution in [0.5, 0.6) is 0 Å². The minimum atomic E-state index is -0.963. The topological polar surface area (TPSA) is 172 Å². The molecule has 0 radical (unpaired) electrons. The number of ether oxygens (including phenoxy) is 1. The molecule has 15 heteroatoms. The van der Waals surface area contributed by atoms with Gasteiger partial charge in [0.15, 0.2) is 0 Å². The molecule has 0 spiro atoms. The molecule has 3 heterocycles. The molecule has 45 heavy (non-hydrogen) atoms. The van der Waals surface area contributed by atoms with Crippen LogP contribution in [0.2, 0.25) is 0 Å². The molecule has 3 saturated heterocycles. The van der Waals surface area contributed by atoms with Crippen LogP contribution in [0.15, 0.2) is 30.3 Å². The first-order chi connectivity index (χ1) is 21.5. The van der Waals surface area contributed by atoms with Crippen LogP contribution >= 0.6 is 11.8 Å². The summed E-state index contributed by atoms with van der Waals surface area (Å²) in [6.07, 6.45) is 1.77. The fourth-order valence-corrected chi connectivity index (χ4v) is 6.21. The first kappa shape index (κ1) is 33.7. The van der Waals surface area contributed by atoms with Gasteiger partial charge < -0.3 is 25.1 Å². The summed E-state index contributed by atoms with van der Waals surface area (Å²) in [5.41, 5.74) is 0.800. The van der Waals surface area contributed by atoms with Crippen LogP contribution in [0, 0.1) is 0 Å². The van der Waals surface area contributed by atoms with Gasteiger partial charge in [-0.3, -0.25) is 28.9 Å². The Kier molecular flexibility index (Phi) is 11.4. The molecule has 1 aromatic carbocycles. The minimum Gasteiger partial charge on any atom is -0.447 e. The number of likely N-dealkylation sites (tertiary alicyclic amines) is 1. The summed E-state index contributed by atoms with van der Waals surface area (Å²) >= 11 is 1.54. The molecule has 14 nitrogen and oxygen atoms in total. The number of thioether (sulfide) groups is 1. The summed E-state index contributed by atoms with van der Waals surface area (Å²) in [5.74, 6) is -2.86. The number of amides is 6. The number of cyclic esters (lactones) is 1. The third-order valence-corrected chi connectivity index (χ3v) is 8.67. The van der Waals surface area contributed by atoms with Crippen molar-refractivity contribution < 1.29 is 43.1 Å². The van der Waals surface area contributed by atoms with Gasteiger partial charge in [-0.15, -0.1) is 5.06 Å². The number of carbonyl (C=O) groups excluding carboxylic acids is 7. The van der Waals surface area contributed by atoms with E-state index in [2.05, 4.69) is 10.6 Å². The molecule has 3 aliphatic rings. The maximum atomic E-state index is 13.8. The van der Waals surface area contributed by atoms with Gasteiger partial charge in [-0.2, -0.15) is 11.8 Å². The van der Waals surface area contributed by atoms with Crippen molar-refractivity contribution in [1.82, 2.24) is 25.5 Å². The third kappa shape index (κ3) is 8.12. The molecule has 5 atom stereocenters. The Morgan fingerprint density at radius 2 is 1.67 bits per heavy atom. The summed E-state index contributed by atoms with van der Waals surface area (Å²) in [6.45, 7) is 3.61.